The molecule has 3 heterocycles. The normalized spacial score (nSPS) is 11.2. The number of rotatable bonds is 1. The predicted octanol–water partition coefficient (Wildman–Crippen LogP) is 3.21. The van der Waals surface area contributed by atoms with Crippen molar-refractivity contribution in [3.8, 4) is 11.4 Å². The van der Waals surface area contributed by atoms with Crippen LogP contribution in [0.3, 0.4) is 0 Å². The van der Waals surface area contributed by atoms with Gasteiger partial charge in [-0.15, -0.1) is 11.3 Å². The minimum absolute atomic E-state index is 0.332. The molecule has 0 amide bonds. The van der Waals surface area contributed by atoms with Crippen molar-refractivity contribution in [2.75, 3.05) is 0 Å². The first-order chi connectivity index (χ1) is 8.15. The van der Waals surface area contributed by atoms with Crippen molar-refractivity contribution in [1.82, 2.24) is 14.4 Å². The maximum atomic E-state index is 12.8. The van der Waals surface area contributed by atoms with Gasteiger partial charge in [-0.25, -0.2) is 9.37 Å². The Morgan fingerprint density at radius 1 is 1.24 bits per heavy atom. The predicted molar refractivity (Wildman–Crippen MR) is 65.7 cm³/mol. The SMILES string of the molecule is Cc1sc2nc(-c3ccc(F)cn3)cn2c1C. The summed E-state index contributed by atoms with van der Waals surface area (Å²) in [6.45, 7) is 4.13. The molecule has 86 valence electrons. The Morgan fingerprint density at radius 3 is 2.71 bits per heavy atom. The third-order valence-corrected chi connectivity index (χ3v) is 3.85. The fraction of sp³-hybridized carbons (Fsp3) is 0.167. The molecule has 0 aliphatic carbocycles. The van der Waals surface area contributed by atoms with Crippen molar-refractivity contribution in [3.63, 3.8) is 0 Å². The molecule has 0 spiro atoms. The van der Waals surface area contributed by atoms with Gasteiger partial charge in [0, 0.05) is 16.8 Å². The molecule has 0 atom stereocenters. The van der Waals surface area contributed by atoms with Crippen LogP contribution in [0.15, 0.2) is 24.5 Å². The minimum atomic E-state index is -0.332. The van der Waals surface area contributed by atoms with E-state index in [2.05, 4.69) is 23.8 Å². The Kier molecular flexibility index (Phi) is 2.22. The zero-order chi connectivity index (χ0) is 12.0. The highest BCUT2D eigenvalue weighted by Crippen LogP contribution is 2.25. The zero-order valence-electron chi connectivity index (χ0n) is 9.44. The molecule has 3 aromatic heterocycles. The first-order valence-electron chi connectivity index (χ1n) is 5.22. The van der Waals surface area contributed by atoms with Crippen LogP contribution in [0.5, 0.6) is 0 Å². The maximum absolute atomic E-state index is 12.8. The molecule has 3 rings (SSSR count). The molecule has 0 saturated heterocycles. The molecule has 0 aliphatic heterocycles. The number of thiazole rings is 1. The molecule has 3 aromatic rings. The van der Waals surface area contributed by atoms with Crippen LogP contribution >= 0.6 is 11.3 Å². The van der Waals surface area contributed by atoms with Gasteiger partial charge < -0.3 is 0 Å². The van der Waals surface area contributed by atoms with Crippen LogP contribution in [-0.2, 0) is 0 Å². The Labute approximate surface area is 102 Å². The molecule has 17 heavy (non-hydrogen) atoms. The summed E-state index contributed by atoms with van der Waals surface area (Å²) in [5.41, 5.74) is 2.66. The summed E-state index contributed by atoms with van der Waals surface area (Å²) < 4.78 is 14.8. The van der Waals surface area contributed by atoms with E-state index in [1.807, 2.05) is 10.6 Å². The Balaban J connectivity index is 2.15. The van der Waals surface area contributed by atoms with E-state index >= 15 is 0 Å². The number of pyridine rings is 1. The van der Waals surface area contributed by atoms with Crippen molar-refractivity contribution in [2.24, 2.45) is 0 Å². The van der Waals surface area contributed by atoms with Gasteiger partial charge >= 0.3 is 0 Å². The lowest BCUT2D eigenvalue weighted by atomic mass is 10.3. The average molecular weight is 247 g/mol. The molecule has 0 fully saturated rings. The number of aryl methyl sites for hydroxylation is 2. The van der Waals surface area contributed by atoms with E-state index in [0.717, 1.165) is 10.7 Å². The number of hydrogen-bond donors (Lipinski definition) is 0. The number of aromatic nitrogens is 3. The largest absolute Gasteiger partial charge is 0.294 e. The molecule has 3 nitrogen and oxygen atoms in total. The number of nitrogens with zero attached hydrogens (tertiary/aromatic N) is 3. The van der Waals surface area contributed by atoms with Crippen LogP contribution < -0.4 is 0 Å². The highest BCUT2D eigenvalue weighted by Gasteiger charge is 2.10. The molecule has 0 N–H and O–H groups in total. The van der Waals surface area contributed by atoms with Crippen LogP contribution in [0.1, 0.15) is 10.6 Å². The second-order valence-corrected chi connectivity index (χ2v) is 5.07. The van der Waals surface area contributed by atoms with E-state index in [-0.39, 0.29) is 5.82 Å². The van der Waals surface area contributed by atoms with Crippen LogP contribution in [0.25, 0.3) is 16.3 Å². The lowest BCUT2D eigenvalue weighted by molar-refractivity contribution is 0.622. The Bertz CT molecular complexity index is 682. The van der Waals surface area contributed by atoms with Gasteiger partial charge in [-0.05, 0) is 26.0 Å². The summed E-state index contributed by atoms with van der Waals surface area (Å²) in [5.74, 6) is -0.332. The first-order valence-corrected chi connectivity index (χ1v) is 6.04. The van der Waals surface area contributed by atoms with Crippen molar-refractivity contribution >= 4 is 16.3 Å². The monoisotopic (exact) mass is 247 g/mol. The van der Waals surface area contributed by atoms with Crippen LogP contribution in [0.2, 0.25) is 0 Å². The third-order valence-electron chi connectivity index (χ3n) is 2.78. The van der Waals surface area contributed by atoms with Crippen molar-refractivity contribution in [1.29, 1.82) is 0 Å². The van der Waals surface area contributed by atoms with E-state index < -0.39 is 0 Å². The first kappa shape index (κ1) is 10.4. The third kappa shape index (κ3) is 1.63. The summed E-state index contributed by atoms with van der Waals surface area (Å²) in [6, 6.07) is 3.04. The fourth-order valence-corrected chi connectivity index (χ4v) is 2.66. The fourth-order valence-electron chi connectivity index (χ4n) is 1.71. The maximum Gasteiger partial charge on any atom is 0.194 e. The Hall–Kier alpha value is -1.75. The van der Waals surface area contributed by atoms with E-state index in [0.29, 0.717) is 5.69 Å². The van der Waals surface area contributed by atoms with Crippen molar-refractivity contribution < 1.29 is 4.39 Å². The molecule has 0 bridgehead atoms. The van der Waals surface area contributed by atoms with Gasteiger partial charge in [0.05, 0.1) is 11.9 Å². The van der Waals surface area contributed by atoms with Crippen molar-refractivity contribution in [3.05, 3.63) is 40.9 Å². The molecule has 0 unspecified atom stereocenters. The lowest BCUT2D eigenvalue weighted by Gasteiger charge is -1.94. The lowest BCUT2D eigenvalue weighted by Crippen LogP contribution is -1.85. The summed E-state index contributed by atoms with van der Waals surface area (Å²) >= 11 is 1.65. The summed E-state index contributed by atoms with van der Waals surface area (Å²) in [7, 11) is 0. The number of hydrogen-bond acceptors (Lipinski definition) is 3. The highest BCUT2D eigenvalue weighted by atomic mass is 32.1. The Morgan fingerprint density at radius 2 is 2.06 bits per heavy atom. The average Bonchev–Trinajstić information content (AvgIpc) is 2.82. The molecule has 5 heteroatoms. The second kappa shape index (κ2) is 3.63. The van der Waals surface area contributed by atoms with Gasteiger partial charge in [0.1, 0.15) is 11.5 Å². The van der Waals surface area contributed by atoms with E-state index in [4.69, 9.17) is 0 Å². The van der Waals surface area contributed by atoms with E-state index in [1.54, 1.807) is 17.4 Å². The van der Waals surface area contributed by atoms with Crippen molar-refractivity contribution in [2.45, 2.75) is 13.8 Å². The van der Waals surface area contributed by atoms with Gasteiger partial charge in [-0.2, -0.15) is 0 Å². The quantitative estimate of drug-likeness (QED) is 0.661. The molecular formula is C12H10FN3S. The number of fused-ring (bicyclic) bond motifs is 1. The van der Waals surface area contributed by atoms with Gasteiger partial charge in [0.25, 0.3) is 0 Å². The van der Waals surface area contributed by atoms with E-state index in [1.165, 1.54) is 22.8 Å². The van der Waals surface area contributed by atoms with Gasteiger partial charge in [0.15, 0.2) is 4.96 Å². The molecule has 0 aromatic carbocycles. The van der Waals surface area contributed by atoms with Gasteiger partial charge in [0.2, 0.25) is 0 Å². The zero-order valence-corrected chi connectivity index (χ0v) is 10.3. The summed E-state index contributed by atoms with van der Waals surface area (Å²) in [5, 5.41) is 0. The standard InChI is InChI=1S/C12H10FN3S/c1-7-8(2)17-12-15-11(6-16(7)12)10-4-3-9(13)5-14-10/h3-6H,1-2H3. The minimum Gasteiger partial charge on any atom is -0.294 e. The summed E-state index contributed by atoms with van der Waals surface area (Å²) in [6.07, 6.45) is 3.15. The molecule has 0 radical (unpaired) electrons. The number of imidazole rings is 1. The second-order valence-electron chi connectivity index (χ2n) is 3.88. The van der Waals surface area contributed by atoms with Crippen LogP contribution in [-0.4, -0.2) is 14.4 Å². The summed E-state index contributed by atoms with van der Waals surface area (Å²) in [4.78, 5) is 10.7. The molecule has 0 saturated carbocycles. The molecule has 0 aliphatic rings. The number of halogens is 1. The van der Waals surface area contributed by atoms with Crippen LogP contribution in [0.4, 0.5) is 4.39 Å². The van der Waals surface area contributed by atoms with Gasteiger partial charge in [-0.1, -0.05) is 0 Å². The highest BCUT2D eigenvalue weighted by molar-refractivity contribution is 7.17. The van der Waals surface area contributed by atoms with Crippen LogP contribution in [0, 0.1) is 19.7 Å². The van der Waals surface area contributed by atoms with E-state index in [9.17, 15) is 4.39 Å². The topological polar surface area (TPSA) is 30.2 Å². The molecular weight excluding hydrogens is 237 g/mol. The van der Waals surface area contributed by atoms with Gasteiger partial charge in [-0.3, -0.25) is 9.38 Å². The smallest absolute Gasteiger partial charge is 0.194 e.